The van der Waals surface area contributed by atoms with Gasteiger partial charge in [-0.2, -0.15) is 26.7 Å². The highest BCUT2D eigenvalue weighted by atomic mass is 32.2. The predicted octanol–water partition coefficient (Wildman–Crippen LogP) is 0.232. The van der Waals surface area contributed by atoms with E-state index < -0.39 is 0 Å². The molecule has 3 rings (SSSR count). The second-order valence-electron chi connectivity index (χ2n) is 5.02. The van der Waals surface area contributed by atoms with Gasteiger partial charge in [0.25, 0.3) is 0 Å². The molecule has 0 spiro atoms. The summed E-state index contributed by atoms with van der Waals surface area (Å²) in [6.45, 7) is 3.00. The van der Waals surface area contributed by atoms with Gasteiger partial charge < -0.3 is 20.3 Å². The second-order valence-corrected chi connectivity index (χ2v) is 6.17. The molecular weight excluding hydrogens is 276 g/mol. The summed E-state index contributed by atoms with van der Waals surface area (Å²) >= 11 is 1.97. The van der Waals surface area contributed by atoms with Crippen molar-refractivity contribution in [2.75, 3.05) is 60.4 Å². The minimum atomic E-state index is 0.286. The number of nitrogens with two attached hydrogens (primary N) is 1. The number of aromatic nitrogens is 3. The lowest BCUT2D eigenvalue weighted by molar-refractivity contribution is 0.122. The Labute approximate surface area is 122 Å². The fourth-order valence-corrected chi connectivity index (χ4v) is 3.69. The minimum absolute atomic E-state index is 0.286. The van der Waals surface area contributed by atoms with Crippen LogP contribution in [0.25, 0.3) is 0 Å². The first kappa shape index (κ1) is 13.7. The van der Waals surface area contributed by atoms with Gasteiger partial charge in [0.1, 0.15) is 0 Å². The van der Waals surface area contributed by atoms with Crippen LogP contribution < -0.4 is 15.5 Å². The van der Waals surface area contributed by atoms with Gasteiger partial charge in [-0.25, -0.2) is 0 Å². The van der Waals surface area contributed by atoms with E-state index in [9.17, 15) is 0 Å². The van der Waals surface area contributed by atoms with Gasteiger partial charge in [0, 0.05) is 31.9 Å². The first-order valence-corrected chi connectivity index (χ1v) is 8.04. The number of ether oxygens (including phenoxy) is 1. The Kier molecular flexibility index (Phi) is 4.11. The van der Waals surface area contributed by atoms with Crippen LogP contribution >= 0.6 is 11.8 Å². The van der Waals surface area contributed by atoms with E-state index in [1.807, 2.05) is 18.8 Å². The number of thioether (sulfide) groups is 1. The fraction of sp³-hybridized carbons (Fsp3) is 0.750. The molecule has 3 heterocycles. The molecule has 2 aliphatic heterocycles. The van der Waals surface area contributed by atoms with Gasteiger partial charge in [-0.15, -0.1) is 0 Å². The average molecular weight is 296 g/mol. The minimum Gasteiger partial charge on any atom is -0.378 e. The van der Waals surface area contributed by atoms with E-state index >= 15 is 0 Å². The molecule has 2 saturated heterocycles. The summed E-state index contributed by atoms with van der Waals surface area (Å²) in [4.78, 5) is 17.4. The third kappa shape index (κ3) is 2.90. The molecule has 7 nitrogen and oxygen atoms in total. The largest absolute Gasteiger partial charge is 0.378 e. The predicted molar refractivity (Wildman–Crippen MR) is 81.4 cm³/mol. The van der Waals surface area contributed by atoms with Gasteiger partial charge >= 0.3 is 0 Å². The van der Waals surface area contributed by atoms with Gasteiger partial charge in [-0.3, -0.25) is 0 Å². The van der Waals surface area contributed by atoms with Crippen molar-refractivity contribution in [3.05, 3.63) is 0 Å². The third-order valence-corrected chi connectivity index (χ3v) is 4.84. The molecule has 2 aliphatic rings. The molecule has 20 heavy (non-hydrogen) atoms. The summed E-state index contributed by atoms with van der Waals surface area (Å²) in [5.74, 6) is 3.94. The molecule has 2 fully saturated rings. The highest BCUT2D eigenvalue weighted by Gasteiger charge is 2.24. The van der Waals surface area contributed by atoms with Crippen LogP contribution in [0.2, 0.25) is 0 Å². The zero-order chi connectivity index (χ0) is 13.9. The quantitative estimate of drug-likeness (QED) is 0.849. The molecule has 1 aromatic heterocycles. The number of hydrogen-bond acceptors (Lipinski definition) is 8. The molecule has 1 aromatic rings. The zero-order valence-corrected chi connectivity index (χ0v) is 12.5. The van der Waals surface area contributed by atoms with Gasteiger partial charge in [0.05, 0.1) is 13.2 Å². The Morgan fingerprint density at radius 3 is 2.80 bits per heavy atom. The molecule has 8 heteroatoms. The maximum absolute atomic E-state index is 5.85. The number of nitrogen functional groups attached to an aromatic ring is 1. The van der Waals surface area contributed by atoms with Crippen molar-refractivity contribution in [3.8, 4) is 0 Å². The molecule has 0 aromatic carbocycles. The topological polar surface area (TPSA) is 80.4 Å². The molecule has 1 unspecified atom stereocenters. The second kappa shape index (κ2) is 6.01. The standard InChI is InChI=1S/C12H20N6OS/c1-17(9-2-7-20-8-9)11-14-10(13)15-12(16-11)18-3-5-19-6-4-18/h9H,2-8H2,1H3,(H2,13,14,15,16). The van der Waals surface area contributed by atoms with Crippen LogP contribution in [0.5, 0.6) is 0 Å². The normalized spacial score (nSPS) is 23.1. The summed E-state index contributed by atoms with van der Waals surface area (Å²) in [5, 5.41) is 0. The number of morpholine rings is 1. The van der Waals surface area contributed by atoms with E-state index in [0.29, 0.717) is 31.2 Å². The van der Waals surface area contributed by atoms with Crippen molar-refractivity contribution in [3.63, 3.8) is 0 Å². The summed E-state index contributed by atoms with van der Waals surface area (Å²) < 4.78 is 5.35. The van der Waals surface area contributed by atoms with Gasteiger partial charge in [-0.1, -0.05) is 0 Å². The van der Waals surface area contributed by atoms with E-state index in [4.69, 9.17) is 10.5 Å². The Morgan fingerprint density at radius 1 is 1.30 bits per heavy atom. The van der Waals surface area contributed by atoms with E-state index in [1.165, 1.54) is 12.2 Å². The molecule has 0 bridgehead atoms. The van der Waals surface area contributed by atoms with E-state index in [2.05, 4.69) is 24.8 Å². The fourth-order valence-electron chi connectivity index (χ4n) is 2.42. The van der Waals surface area contributed by atoms with Crippen LogP contribution in [-0.4, -0.2) is 65.9 Å². The lowest BCUT2D eigenvalue weighted by Crippen LogP contribution is -2.38. The Morgan fingerprint density at radius 2 is 2.10 bits per heavy atom. The monoisotopic (exact) mass is 296 g/mol. The third-order valence-electron chi connectivity index (χ3n) is 3.69. The van der Waals surface area contributed by atoms with Gasteiger partial charge in [0.15, 0.2) is 0 Å². The Hall–Kier alpha value is -1.28. The number of rotatable bonds is 3. The van der Waals surface area contributed by atoms with Crippen molar-refractivity contribution >= 4 is 29.6 Å². The molecule has 0 saturated carbocycles. The SMILES string of the molecule is CN(c1nc(N)nc(N2CCOCC2)n1)C1CCSC1. The average Bonchev–Trinajstić information content (AvgIpc) is 3.01. The summed E-state index contributed by atoms with van der Waals surface area (Å²) in [7, 11) is 2.04. The molecule has 1 atom stereocenters. The molecule has 0 amide bonds. The van der Waals surface area contributed by atoms with Crippen molar-refractivity contribution in [1.82, 2.24) is 15.0 Å². The summed E-state index contributed by atoms with van der Waals surface area (Å²) in [5.41, 5.74) is 5.85. The van der Waals surface area contributed by atoms with Gasteiger partial charge in [0.2, 0.25) is 17.8 Å². The van der Waals surface area contributed by atoms with Crippen LogP contribution in [0.1, 0.15) is 6.42 Å². The van der Waals surface area contributed by atoms with Crippen molar-refractivity contribution in [2.45, 2.75) is 12.5 Å². The lowest BCUT2D eigenvalue weighted by Gasteiger charge is -2.28. The maximum atomic E-state index is 5.85. The van der Waals surface area contributed by atoms with E-state index in [-0.39, 0.29) is 5.95 Å². The number of anilines is 3. The highest BCUT2D eigenvalue weighted by Crippen LogP contribution is 2.25. The lowest BCUT2D eigenvalue weighted by atomic mass is 10.2. The molecular formula is C12H20N6OS. The van der Waals surface area contributed by atoms with Crippen LogP contribution in [0.3, 0.4) is 0 Å². The van der Waals surface area contributed by atoms with Crippen molar-refractivity contribution in [2.24, 2.45) is 0 Å². The highest BCUT2D eigenvalue weighted by molar-refractivity contribution is 7.99. The first-order valence-electron chi connectivity index (χ1n) is 6.89. The number of nitrogens with zero attached hydrogens (tertiary/aromatic N) is 5. The van der Waals surface area contributed by atoms with Crippen molar-refractivity contribution in [1.29, 1.82) is 0 Å². The molecule has 0 radical (unpaired) electrons. The van der Waals surface area contributed by atoms with Crippen LogP contribution in [0.15, 0.2) is 0 Å². The smallest absolute Gasteiger partial charge is 0.232 e. The summed E-state index contributed by atoms with van der Waals surface area (Å²) in [6, 6.07) is 0.485. The van der Waals surface area contributed by atoms with E-state index in [1.54, 1.807) is 0 Å². The van der Waals surface area contributed by atoms with Gasteiger partial charge in [-0.05, 0) is 12.2 Å². The Bertz CT molecular complexity index is 461. The van der Waals surface area contributed by atoms with Crippen LogP contribution in [0, 0.1) is 0 Å². The van der Waals surface area contributed by atoms with Crippen LogP contribution in [0.4, 0.5) is 17.8 Å². The molecule has 2 N–H and O–H groups in total. The van der Waals surface area contributed by atoms with E-state index in [0.717, 1.165) is 18.8 Å². The number of hydrogen-bond donors (Lipinski definition) is 1. The Balaban J connectivity index is 1.81. The zero-order valence-electron chi connectivity index (χ0n) is 11.7. The van der Waals surface area contributed by atoms with Crippen LogP contribution in [-0.2, 0) is 4.74 Å². The van der Waals surface area contributed by atoms with Crippen molar-refractivity contribution < 1.29 is 4.74 Å². The molecule has 0 aliphatic carbocycles. The molecule has 110 valence electrons. The first-order chi connectivity index (χ1) is 9.74. The maximum Gasteiger partial charge on any atom is 0.232 e. The summed E-state index contributed by atoms with van der Waals surface area (Å²) in [6.07, 6.45) is 1.17.